The topological polar surface area (TPSA) is 104 Å². The molecule has 0 aliphatic carbocycles. The van der Waals surface area contributed by atoms with Gasteiger partial charge in [-0.05, 0) is 64.4 Å². The van der Waals surface area contributed by atoms with E-state index in [0.29, 0.717) is 36.4 Å². The van der Waals surface area contributed by atoms with Crippen molar-refractivity contribution in [2.75, 3.05) is 13.2 Å². The summed E-state index contributed by atoms with van der Waals surface area (Å²) in [6.07, 6.45) is 2.21. The predicted molar refractivity (Wildman–Crippen MR) is 140 cm³/mol. The van der Waals surface area contributed by atoms with Crippen LogP contribution in [0.4, 0.5) is 0 Å². The molecule has 3 heterocycles. The standard InChI is InChI=1S/C28H30N4O5/c1-5-36-28(35)22-17-21-24(29-23-12-6-7-13-31(23)27(21)34)32(14-9-15-37-18(2)3)25(22)30-26(33)20-11-8-10-19(4)16-20/h6-8,10-13,16-18H,5,9,14-15H2,1-4H3. The van der Waals surface area contributed by atoms with Gasteiger partial charge in [0.05, 0.1) is 18.1 Å². The van der Waals surface area contributed by atoms with Gasteiger partial charge in [-0.25, -0.2) is 9.78 Å². The molecule has 1 aromatic carbocycles. The van der Waals surface area contributed by atoms with Crippen LogP contribution in [-0.4, -0.2) is 45.1 Å². The predicted octanol–water partition coefficient (Wildman–Crippen LogP) is 3.69. The van der Waals surface area contributed by atoms with E-state index in [9.17, 15) is 14.4 Å². The number of hydrogen-bond acceptors (Lipinski definition) is 6. The summed E-state index contributed by atoms with van der Waals surface area (Å²) < 4.78 is 14.0. The van der Waals surface area contributed by atoms with Crippen molar-refractivity contribution in [3.8, 4) is 0 Å². The number of aromatic nitrogens is 3. The highest BCUT2D eigenvalue weighted by atomic mass is 16.5. The smallest absolute Gasteiger partial charge is 0.341 e. The molecule has 0 spiro atoms. The zero-order chi connectivity index (χ0) is 26.5. The molecule has 9 nitrogen and oxygen atoms in total. The highest BCUT2D eigenvalue weighted by molar-refractivity contribution is 5.97. The number of aryl methyl sites for hydroxylation is 2. The van der Waals surface area contributed by atoms with Gasteiger partial charge in [-0.2, -0.15) is 4.99 Å². The lowest BCUT2D eigenvalue weighted by Crippen LogP contribution is -2.33. The Morgan fingerprint density at radius 1 is 1.11 bits per heavy atom. The number of carbonyl (C=O) groups is 2. The average Bonchev–Trinajstić information content (AvgIpc) is 2.87. The molecule has 9 heteroatoms. The van der Waals surface area contributed by atoms with Crippen LogP contribution in [0.5, 0.6) is 0 Å². The van der Waals surface area contributed by atoms with Gasteiger partial charge in [-0.3, -0.25) is 14.0 Å². The third-order valence-corrected chi connectivity index (χ3v) is 5.73. The zero-order valence-electron chi connectivity index (χ0n) is 21.4. The van der Waals surface area contributed by atoms with E-state index < -0.39 is 11.9 Å². The molecule has 0 fully saturated rings. The molecule has 0 bridgehead atoms. The van der Waals surface area contributed by atoms with Crippen molar-refractivity contribution in [3.05, 3.63) is 87.3 Å². The molecule has 0 saturated heterocycles. The maximum absolute atomic E-state index is 13.4. The molecule has 192 valence electrons. The van der Waals surface area contributed by atoms with Crippen molar-refractivity contribution in [3.63, 3.8) is 0 Å². The first-order valence-electron chi connectivity index (χ1n) is 12.3. The third-order valence-electron chi connectivity index (χ3n) is 5.73. The SMILES string of the molecule is CCOC(=O)c1cc2c(=O)n3ccccc3nc2n(CCCOC(C)C)c1=NC(=O)c1cccc(C)c1. The Balaban J connectivity index is 2.03. The van der Waals surface area contributed by atoms with E-state index in [1.165, 1.54) is 10.5 Å². The summed E-state index contributed by atoms with van der Waals surface area (Å²) in [5.74, 6) is -1.19. The van der Waals surface area contributed by atoms with Crippen LogP contribution < -0.4 is 11.0 Å². The highest BCUT2D eigenvalue weighted by Gasteiger charge is 2.20. The summed E-state index contributed by atoms with van der Waals surface area (Å²) in [5.41, 5.74) is 1.83. The minimum absolute atomic E-state index is 0.0231. The van der Waals surface area contributed by atoms with Crippen LogP contribution in [0.3, 0.4) is 0 Å². The van der Waals surface area contributed by atoms with E-state index in [4.69, 9.17) is 14.5 Å². The Morgan fingerprint density at radius 3 is 2.65 bits per heavy atom. The summed E-state index contributed by atoms with van der Waals surface area (Å²) >= 11 is 0. The average molecular weight is 503 g/mol. The van der Waals surface area contributed by atoms with Crippen LogP contribution in [0.25, 0.3) is 16.7 Å². The van der Waals surface area contributed by atoms with E-state index in [2.05, 4.69) is 4.99 Å². The van der Waals surface area contributed by atoms with E-state index in [0.717, 1.165) is 5.56 Å². The molecular weight excluding hydrogens is 472 g/mol. The fraction of sp³-hybridized carbons (Fsp3) is 0.321. The molecule has 0 aliphatic rings. The second kappa shape index (κ2) is 11.3. The van der Waals surface area contributed by atoms with E-state index in [1.807, 2.05) is 26.8 Å². The molecule has 0 unspecified atom stereocenters. The van der Waals surface area contributed by atoms with Crippen LogP contribution in [0, 0.1) is 6.92 Å². The fourth-order valence-corrected chi connectivity index (χ4v) is 4.05. The normalized spacial score (nSPS) is 12.0. The molecule has 37 heavy (non-hydrogen) atoms. The summed E-state index contributed by atoms with van der Waals surface area (Å²) in [6, 6.07) is 13.7. The molecule has 4 rings (SSSR count). The van der Waals surface area contributed by atoms with Crippen LogP contribution >= 0.6 is 0 Å². The van der Waals surface area contributed by atoms with Gasteiger partial charge in [-0.15, -0.1) is 0 Å². The minimum Gasteiger partial charge on any atom is -0.462 e. The number of hydrogen-bond donors (Lipinski definition) is 0. The van der Waals surface area contributed by atoms with Gasteiger partial charge in [0.1, 0.15) is 16.9 Å². The molecule has 0 radical (unpaired) electrons. The number of ether oxygens (including phenoxy) is 2. The Hall–Kier alpha value is -4.11. The fourth-order valence-electron chi connectivity index (χ4n) is 4.05. The van der Waals surface area contributed by atoms with Crippen LogP contribution in [0.1, 0.15) is 53.5 Å². The van der Waals surface area contributed by atoms with Crippen molar-refractivity contribution in [2.24, 2.45) is 4.99 Å². The number of nitrogens with zero attached hydrogens (tertiary/aromatic N) is 4. The van der Waals surface area contributed by atoms with E-state index in [-0.39, 0.29) is 34.7 Å². The summed E-state index contributed by atoms with van der Waals surface area (Å²) in [5, 5.41) is 0.221. The molecular formula is C28H30N4O5. The maximum atomic E-state index is 13.4. The molecule has 0 saturated carbocycles. The Bertz CT molecular complexity index is 1600. The van der Waals surface area contributed by atoms with Gasteiger partial charge in [0, 0.05) is 24.9 Å². The van der Waals surface area contributed by atoms with Crippen molar-refractivity contribution < 1.29 is 19.1 Å². The molecule has 3 aromatic heterocycles. The van der Waals surface area contributed by atoms with Crippen molar-refractivity contribution in [1.82, 2.24) is 14.0 Å². The van der Waals surface area contributed by atoms with Gasteiger partial charge in [0.25, 0.3) is 11.5 Å². The minimum atomic E-state index is -0.676. The van der Waals surface area contributed by atoms with Crippen LogP contribution in [-0.2, 0) is 16.0 Å². The summed E-state index contributed by atoms with van der Waals surface area (Å²) in [4.78, 5) is 48.8. The Morgan fingerprint density at radius 2 is 1.92 bits per heavy atom. The monoisotopic (exact) mass is 502 g/mol. The number of esters is 1. The first kappa shape index (κ1) is 26.0. The number of fused-ring (bicyclic) bond motifs is 2. The second-order valence-corrected chi connectivity index (χ2v) is 8.90. The number of amides is 1. The van der Waals surface area contributed by atoms with Crippen molar-refractivity contribution in [1.29, 1.82) is 0 Å². The lowest BCUT2D eigenvalue weighted by Gasteiger charge is -2.15. The molecule has 0 aliphatic heterocycles. The second-order valence-electron chi connectivity index (χ2n) is 8.90. The van der Waals surface area contributed by atoms with Crippen LogP contribution in [0.2, 0.25) is 0 Å². The summed E-state index contributed by atoms with van der Waals surface area (Å²) in [7, 11) is 0. The van der Waals surface area contributed by atoms with Gasteiger partial charge in [0.2, 0.25) is 0 Å². The quantitative estimate of drug-likeness (QED) is 0.207. The number of carbonyl (C=O) groups excluding carboxylic acids is 2. The van der Waals surface area contributed by atoms with Crippen molar-refractivity contribution in [2.45, 2.75) is 46.8 Å². The van der Waals surface area contributed by atoms with Gasteiger partial charge in [-0.1, -0.05) is 23.8 Å². The van der Waals surface area contributed by atoms with E-state index in [1.54, 1.807) is 54.1 Å². The lowest BCUT2D eigenvalue weighted by atomic mass is 10.1. The third kappa shape index (κ3) is 5.67. The Kier molecular flexibility index (Phi) is 7.93. The Labute approximate surface area is 214 Å². The molecule has 1 amide bonds. The largest absolute Gasteiger partial charge is 0.462 e. The summed E-state index contributed by atoms with van der Waals surface area (Å²) in [6.45, 7) is 8.33. The number of benzene rings is 1. The van der Waals surface area contributed by atoms with Crippen LogP contribution in [0.15, 0.2) is 64.5 Å². The number of rotatable bonds is 8. The molecule has 0 N–H and O–H groups in total. The maximum Gasteiger partial charge on any atom is 0.341 e. The highest BCUT2D eigenvalue weighted by Crippen LogP contribution is 2.13. The number of pyridine rings is 2. The first-order chi connectivity index (χ1) is 17.8. The zero-order valence-corrected chi connectivity index (χ0v) is 21.4. The van der Waals surface area contributed by atoms with E-state index >= 15 is 0 Å². The van der Waals surface area contributed by atoms with Gasteiger partial charge >= 0.3 is 5.97 Å². The first-order valence-corrected chi connectivity index (χ1v) is 12.3. The van der Waals surface area contributed by atoms with Gasteiger partial charge < -0.3 is 14.0 Å². The van der Waals surface area contributed by atoms with Gasteiger partial charge in [0.15, 0.2) is 5.49 Å². The van der Waals surface area contributed by atoms with Crippen molar-refractivity contribution >= 4 is 28.6 Å². The molecule has 0 atom stereocenters. The lowest BCUT2D eigenvalue weighted by molar-refractivity contribution is 0.0523. The molecule has 4 aromatic rings.